The first-order chi connectivity index (χ1) is 46.6. The molecule has 4 nitrogen and oxygen atoms in total. The summed E-state index contributed by atoms with van der Waals surface area (Å²) in [6, 6.07) is 130. The van der Waals surface area contributed by atoms with Crippen molar-refractivity contribution in [2.24, 2.45) is 0 Å². The molecule has 19 aromatic rings. The highest BCUT2D eigenvalue weighted by molar-refractivity contribution is 6.15. The molecule has 19 rings (SSSR count). The van der Waals surface area contributed by atoms with Gasteiger partial charge in [0.25, 0.3) is 0 Å². The van der Waals surface area contributed by atoms with E-state index in [1.807, 2.05) is 0 Å². The van der Waals surface area contributed by atoms with Crippen molar-refractivity contribution in [3.05, 3.63) is 352 Å². The van der Waals surface area contributed by atoms with Gasteiger partial charge in [0.1, 0.15) is 0 Å². The zero-order chi connectivity index (χ0) is 61.8. The van der Waals surface area contributed by atoms with Gasteiger partial charge < -0.3 is 18.3 Å². The van der Waals surface area contributed by atoms with E-state index in [1.165, 1.54) is 132 Å². The van der Waals surface area contributed by atoms with Gasteiger partial charge in [0, 0.05) is 65.8 Å². The van der Waals surface area contributed by atoms with E-state index < -0.39 is 0 Å². The van der Waals surface area contributed by atoms with E-state index in [4.69, 9.17) is 0 Å². The van der Waals surface area contributed by atoms with E-state index in [0.29, 0.717) is 0 Å². The maximum Gasteiger partial charge on any atom is 0.0547 e. The van der Waals surface area contributed by atoms with Gasteiger partial charge >= 0.3 is 0 Å². The maximum absolute atomic E-state index is 2.46. The van der Waals surface area contributed by atoms with E-state index >= 15 is 0 Å². The average Bonchev–Trinajstić information content (AvgIpc) is 1.62. The number of para-hydroxylation sites is 3. The highest BCUT2D eigenvalue weighted by Gasteiger charge is 2.21. The first kappa shape index (κ1) is 53.3. The molecular weight excluding hydrogens is 1140 g/mol. The van der Waals surface area contributed by atoms with E-state index in [1.54, 1.807) is 0 Å². The van der Waals surface area contributed by atoms with Crippen LogP contribution in [0, 0.1) is 0 Å². The number of rotatable bonds is 10. The van der Waals surface area contributed by atoms with Gasteiger partial charge in [-0.1, -0.05) is 224 Å². The molecule has 0 atom stereocenters. The zero-order valence-corrected chi connectivity index (χ0v) is 51.3. The number of nitrogens with zero attached hydrogens (tertiary/aromatic N) is 4. The van der Waals surface area contributed by atoms with Gasteiger partial charge in [-0.2, -0.15) is 0 Å². The van der Waals surface area contributed by atoms with Gasteiger partial charge in [0.05, 0.1) is 44.1 Å². The molecule has 0 aliphatic heterocycles. The SMILES string of the molecule is c1ccc(-c2ccc(-n3c4ccccc4c4cc(-c5ccc6c(c5)c5ccc(-c7ccc(-n8c9ccc(-c%10ccccc%10)cc9c9cc(-c%10ccc%11c(c%10)c%10ccccc%10n%11-c%10ccccc%10)ccc98)cc7)cc5n6-c5ccc(-c6ccccc6)cc5)ccc43)cc2)cc1. The van der Waals surface area contributed by atoms with Crippen LogP contribution in [0.25, 0.3) is 177 Å². The molecule has 94 heavy (non-hydrogen) atoms. The average molecular weight is 1200 g/mol. The quantitative estimate of drug-likeness (QED) is 0.130. The number of aromatic nitrogens is 4. The lowest BCUT2D eigenvalue weighted by Crippen LogP contribution is -1.95. The number of benzene rings is 15. The summed E-state index contributed by atoms with van der Waals surface area (Å²) in [5.41, 5.74) is 28.2. The number of fused-ring (bicyclic) bond motifs is 12. The smallest absolute Gasteiger partial charge is 0.0547 e. The van der Waals surface area contributed by atoms with Crippen LogP contribution in [-0.4, -0.2) is 18.3 Å². The van der Waals surface area contributed by atoms with Gasteiger partial charge in [-0.3, -0.25) is 0 Å². The summed E-state index contributed by atoms with van der Waals surface area (Å²) in [6.07, 6.45) is 0. The number of hydrogen-bond donors (Lipinski definition) is 0. The van der Waals surface area contributed by atoms with Crippen LogP contribution in [0.1, 0.15) is 0 Å². The Morgan fingerprint density at radius 1 is 0.117 bits per heavy atom. The molecular formula is C90H58N4. The summed E-state index contributed by atoms with van der Waals surface area (Å²) in [4.78, 5) is 0. The van der Waals surface area contributed by atoms with Crippen LogP contribution < -0.4 is 0 Å². The fraction of sp³-hybridized carbons (Fsp3) is 0. The molecule has 4 heteroatoms. The second-order valence-corrected chi connectivity index (χ2v) is 24.8. The maximum atomic E-state index is 2.46. The molecule has 0 fully saturated rings. The van der Waals surface area contributed by atoms with E-state index in [-0.39, 0.29) is 0 Å². The van der Waals surface area contributed by atoms with Crippen molar-refractivity contribution in [3.8, 4) is 89.5 Å². The first-order valence-corrected chi connectivity index (χ1v) is 32.4. The van der Waals surface area contributed by atoms with Crippen molar-refractivity contribution in [3.63, 3.8) is 0 Å². The predicted octanol–water partition coefficient (Wildman–Crippen LogP) is 24.1. The predicted molar refractivity (Wildman–Crippen MR) is 396 cm³/mol. The molecule has 0 radical (unpaired) electrons. The van der Waals surface area contributed by atoms with Crippen LogP contribution in [0.15, 0.2) is 352 Å². The Balaban J connectivity index is 0.714. The minimum absolute atomic E-state index is 1.11. The molecule has 0 unspecified atom stereocenters. The third kappa shape index (κ3) is 8.69. The topological polar surface area (TPSA) is 19.7 Å². The van der Waals surface area contributed by atoms with Crippen molar-refractivity contribution in [2.45, 2.75) is 0 Å². The van der Waals surface area contributed by atoms with Crippen LogP contribution in [0.3, 0.4) is 0 Å². The molecule has 0 aliphatic rings. The van der Waals surface area contributed by atoms with Crippen molar-refractivity contribution in [1.29, 1.82) is 0 Å². The lowest BCUT2D eigenvalue weighted by Gasteiger charge is -2.12. The van der Waals surface area contributed by atoms with Crippen molar-refractivity contribution >= 4 is 87.2 Å². The summed E-state index contributed by atoms with van der Waals surface area (Å²) in [5, 5.41) is 9.81. The highest BCUT2D eigenvalue weighted by Crippen LogP contribution is 2.43. The molecule has 0 saturated carbocycles. The Labute approximate surface area is 543 Å². The van der Waals surface area contributed by atoms with Crippen molar-refractivity contribution < 1.29 is 0 Å². The summed E-state index contributed by atoms with van der Waals surface area (Å²) in [7, 11) is 0. The lowest BCUT2D eigenvalue weighted by atomic mass is 9.99. The molecule has 0 spiro atoms. The monoisotopic (exact) mass is 1190 g/mol. The molecule has 0 aliphatic carbocycles. The molecule has 438 valence electrons. The Bertz CT molecular complexity index is 6150. The van der Waals surface area contributed by atoms with Crippen LogP contribution in [-0.2, 0) is 0 Å². The third-order valence-electron chi connectivity index (χ3n) is 19.6. The molecule has 0 amide bonds. The van der Waals surface area contributed by atoms with Gasteiger partial charge in [-0.25, -0.2) is 0 Å². The Kier molecular flexibility index (Phi) is 12.3. The van der Waals surface area contributed by atoms with Crippen LogP contribution in [0.4, 0.5) is 0 Å². The lowest BCUT2D eigenvalue weighted by molar-refractivity contribution is 1.18. The van der Waals surface area contributed by atoms with Gasteiger partial charge in [-0.15, -0.1) is 0 Å². The molecule has 0 N–H and O–H groups in total. The summed E-state index contributed by atoms with van der Waals surface area (Å²) < 4.78 is 9.70. The minimum Gasteiger partial charge on any atom is -0.309 e. The van der Waals surface area contributed by atoms with Gasteiger partial charge in [0.2, 0.25) is 0 Å². The normalized spacial score (nSPS) is 11.8. The second-order valence-electron chi connectivity index (χ2n) is 24.8. The highest BCUT2D eigenvalue weighted by atomic mass is 15.0. The largest absolute Gasteiger partial charge is 0.309 e. The second kappa shape index (κ2) is 21.6. The molecule has 4 aromatic heterocycles. The summed E-state index contributed by atoms with van der Waals surface area (Å²) in [6.45, 7) is 0. The van der Waals surface area contributed by atoms with Gasteiger partial charge in [0.15, 0.2) is 0 Å². The van der Waals surface area contributed by atoms with E-state index in [2.05, 4.69) is 370 Å². The molecule has 4 heterocycles. The van der Waals surface area contributed by atoms with Gasteiger partial charge in [-0.05, 0) is 194 Å². The molecule has 15 aromatic carbocycles. The van der Waals surface area contributed by atoms with Crippen molar-refractivity contribution in [1.82, 2.24) is 18.3 Å². The van der Waals surface area contributed by atoms with E-state index in [0.717, 1.165) is 44.9 Å². The Morgan fingerprint density at radius 3 is 0.702 bits per heavy atom. The number of hydrogen-bond acceptors (Lipinski definition) is 0. The zero-order valence-electron chi connectivity index (χ0n) is 51.3. The first-order valence-electron chi connectivity index (χ1n) is 32.4. The van der Waals surface area contributed by atoms with Crippen LogP contribution in [0.5, 0.6) is 0 Å². The third-order valence-corrected chi connectivity index (χ3v) is 19.6. The Hall–Kier alpha value is -12.5. The van der Waals surface area contributed by atoms with Crippen molar-refractivity contribution in [2.75, 3.05) is 0 Å². The minimum atomic E-state index is 1.11. The van der Waals surface area contributed by atoms with Crippen LogP contribution >= 0.6 is 0 Å². The van der Waals surface area contributed by atoms with Crippen LogP contribution in [0.2, 0.25) is 0 Å². The Morgan fingerprint density at radius 2 is 0.330 bits per heavy atom. The van der Waals surface area contributed by atoms with E-state index in [9.17, 15) is 0 Å². The summed E-state index contributed by atoms with van der Waals surface area (Å²) >= 11 is 0. The standard InChI is InChI=1S/C90H58N4/c1-5-17-59(18-6-1)62-29-41-72(42-30-62)92-84-28-16-14-26-76(84)79-54-66(38-50-86(79)92)68-39-51-87-80(56-68)77-47-35-70(58-90(77)94(87)74-43-31-63(32-44-74)60-19-7-2-8-20-60)64-33-45-73(46-34-64)93-88-48-36-65(61-21-9-3-10-22-61)53-81(88)82-57-69(40-52-89(82)93)67-37-49-85-78(55-67)75-25-13-15-27-83(75)91(85)71-23-11-4-12-24-71/h1-58H. The molecule has 0 bridgehead atoms. The fourth-order valence-electron chi connectivity index (χ4n) is 15.1. The fourth-order valence-corrected chi connectivity index (χ4v) is 15.1. The molecule has 0 saturated heterocycles. The summed E-state index contributed by atoms with van der Waals surface area (Å²) in [5.74, 6) is 0.